The van der Waals surface area contributed by atoms with Gasteiger partial charge >= 0.3 is 0 Å². The molecule has 0 N–H and O–H groups in total. The highest BCUT2D eigenvalue weighted by atomic mass is 32.2. The van der Waals surface area contributed by atoms with Gasteiger partial charge in [0.05, 0.1) is 25.8 Å². The molecule has 1 fully saturated rings. The van der Waals surface area contributed by atoms with Crippen molar-refractivity contribution in [3.8, 4) is 11.5 Å². The van der Waals surface area contributed by atoms with Gasteiger partial charge < -0.3 is 9.47 Å². The van der Waals surface area contributed by atoms with Crippen LogP contribution >= 0.6 is 11.8 Å². The second-order valence-electron chi connectivity index (χ2n) is 5.98. The van der Waals surface area contributed by atoms with Crippen molar-refractivity contribution in [2.75, 3.05) is 34.0 Å². The van der Waals surface area contributed by atoms with Crippen molar-refractivity contribution in [2.24, 2.45) is 0 Å². The Labute approximate surface area is 159 Å². The largest absolute Gasteiger partial charge is 0.493 e. The SMILES string of the molecule is CCCN(CCC)CN1C(=O)S/C(=C\c2ccc(OC)c(OC)c2)C1=O. The van der Waals surface area contributed by atoms with Crippen molar-refractivity contribution in [1.82, 2.24) is 9.80 Å². The van der Waals surface area contributed by atoms with Gasteiger partial charge in [-0.3, -0.25) is 19.4 Å². The summed E-state index contributed by atoms with van der Waals surface area (Å²) in [6, 6.07) is 5.39. The summed E-state index contributed by atoms with van der Waals surface area (Å²) < 4.78 is 10.5. The van der Waals surface area contributed by atoms with Crippen LogP contribution in [0.2, 0.25) is 0 Å². The quantitative estimate of drug-likeness (QED) is 0.609. The first kappa shape index (κ1) is 20.3. The zero-order chi connectivity index (χ0) is 19.1. The van der Waals surface area contributed by atoms with Gasteiger partial charge in [0.1, 0.15) is 0 Å². The Bertz CT molecular complexity index is 684. The Morgan fingerprint density at radius 2 is 1.73 bits per heavy atom. The lowest BCUT2D eigenvalue weighted by molar-refractivity contribution is -0.124. The zero-order valence-electron chi connectivity index (χ0n) is 15.8. The first-order chi connectivity index (χ1) is 12.5. The average Bonchev–Trinajstić information content (AvgIpc) is 2.89. The lowest BCUT2D eigenvalue weighted by Crippen LogP contribution is -2.41. The molecule has 26 heavy (non-hydrogen) atoms. The van der Waals surface area contributed by atoms with Gasteiger partial charge in [-0.1, -0.05) is 19.9 Å². The molecule has 0 aromatic heterocycles. The predicted octanol–water partition coefficient (Wildman–Crippen LogP) is 3.82. The van der Waals surface area contributed by atoms with E-state index in [1.54, 1.807) is 32.4 Å². The Morgan fingerprint density at radius 1 is 1.08 bits per heavy atom. The molecule has 0 bridgehead atoms. The monoisotopic (exact) mass is 378 g/mol. The van der Waals surface area contributed by atoms with Crippen molar-refractivity contribution in [2.45, 2.75) is 26.7 Å². The maximum atomic E-state index is 12.7. The van der Waals surface area contributed by atoms with Gasteiger partial charge in [0, 0.05) is 0 Å². The molecule has 1 aliphatic heterocycles. The summed E-state index contributed by atoms with van der Waals surface area (Å²) in [5.74, 6) is 0.956. The summed E-state index contributed by atoms with van der Waals surface area (Å²) in [6.07, 6.45) is 3.69. The van der Waals surface area contributed by atoms with Crippen LogP contribution in [-0.4, -0.2) is 54.9 Å². The molecule has 1 heterocycles. The molecule has 1 aromatic carbocycles. The van der Waals surface area contributed by atoms with E-state index in [-0.39, 0.29) is 11.1 Å². The van der Waals surface area contributed by atoms with Crippen molar-refractivity contribution in [1.29, 1.82) is 0 Å². The smallest absolute Gasteiger partial charge is 0.294 e. The van der Waals surface area contributed by atoms with Crippen LogP contribution in [0.4, 0.5) is 4.79 Å². The highest BCUT2D eigenvalue weighted by molar-refractivity contribution is 8.18. The summed E-state index contributed by atoms with van der Waals surface area (Å²) in [5, 5.41) is -0.223. The van der Waals surface area contributed by atoms with Crippen molar-refractivity contribution < 1.29 is 19.1 Å². The third-order valence-corrected chi connectivity index (χ3v) is 4.91. The van der Waals surface area contributed by atoms with Crippen LogP contribution in [0, 0.1) is 0 Å². The Hall–Kier alpha value is -1.99. The second-order valence-corrected chi connectivity index (χ2v) is 6.98. The molecule has 0 radical (unpaired) electrons. The van der Waals surface area contributed by atoms with Gasteiger partial charge in [-0.2, -0.15) is 0 Å². The molecule has 0 atom stereocenters. The van der Waals surface area contributed by atoms with E-state index in [2.05, 4.69) is 18.7 Å². The molecular weight excluding hydrogens is 352 g/mol. The molecule has 0 saturated carbocycles. The molecule has 142 valence electrons. The van der Waals surface area contributed by atoms with E-state index in [4.69, 9.17) is 9.47 Å². The minimum Gasteiger partial charge on any atom is -0.493 e. The minimum atomic E-state index is -0.244. The van der Waals surface area contributed by atoms with E-state index < -0.39 is 0 Å². The number of carbonyl (C=O) groups excluding carboxylic acids is 2. The number of ether oxygens (including phenoxy) is 2. The summed E-state index contributed by atoms with van der Waals surface area (Å²) in [4.78, 5) is 28.9. The zero-order valence-corrected chi connectivity index (χ0v) is 16.6. The summed E-state index contributed by atoms with van der Waals surface area (Å²) >= 11 is 0.978. The normalized spacial score (nSPS) is 16.0. The molecule has 0 unspecified atom stereocenters. The van der Waals surface area contributed by atoms with Crippen molar-refractivity contribution >= 4 is 29.0 Å². The second kappa shape index (κ2) is 9.64. The standard InChI is InChI=1S/C19H26N2O4S/c1-5-9-20(10-6-2)13-21-18(22)17(26-19(21)23)12-14-7-8-15(24-3)16(11-14)25-4/h7-8,11-12H,5-6,9-10,13H2,1-4H3/b17-12-. The van der Waals surface area contributed by atoms with Crippen LogP contribution in [0.25, 0.3) is 6.08 Å². The number of amides is 2. The Kier molecular flexibility index (Phi) is 7.53. The lowest BCUT2D eigenvalue weighted by atomic mass is 10.2. The molecule has 1 aromatic rings. The van der Waals surface area contributed by atoms with Crippen LogP contribution in [0.1, 0.15) is 32.3 Å². The van der Waals surface area contributed by atoms with Crippen LogP contribution in [0.3, 0.4) is 0 Å². The molecule has 7 heteroatoms. The van der Waals surface area contributed by atoms with Crippen LogP contribution < -0.4 is 9.47 Å². The molecular formula is C19H26N2O4S. The summed E-state index contributed by atoms with van der Waals surface area (Å²) in [6.45, 7) is 6.26. The van der Waals surface area contributed by atoms with Gasteiger partial charge in [0.15, 0.2) is 11.5 Å². The number of hydrogen-bond acceptors (Lipinski definition) is 6. The fourth-order valence-electron chi connectivity index (χ4n) is 2.80. The predicted molar refractivity (Wildman–Crippen MR) is 104 cm³/mol. The molecule has 0 aliphatic carbocycles. The Balaban J connectivity index is 2.18. The topological polar surface area (TPSA) is 59.1 Å². The highest BCUT2D eigenvalue weighted by Crippen LogP contribution is 2.34. The van der Waals surface area contributed by atoms with Crippen LogP contribution in [-0.2, 0) is 4.79 Å². The molecule has 1 aliphatic rings. The fourth-order valence-corrected chi connectivity index (χ4v) is 3.63. The number of imide groups is 1. The molecule has 1 saturated heterocycles. The molecule has 0 spiro atoms. The van der Waals surface area contributed by atoms with Crippen molar-refractivity contribution in [3.63, 3.8) is 0 Å². The molecule has 6 nitrogen and oxygen atoms in total. The lowest BCUT2D eigenvalue weighted by Gasteiger charge is -2.25. The number of nitrogens with zero attached hydrogens (tertiary/aromatic N) is 2. The summed E-state index contributed by atoms with van der Waals surface area (Å²) in [7, 11) is 3.13. The van der Waals surface area contributed by atoms with Gasteiger partial charge in [0.25, 0.3) is 11.1 Å². The first-order valence-corrected chi connectivity index (χ1v) is 9.55. The summed E-state index contributed by atoms with van der Waals surface area (Å²) in [5.41, 5.74) is 0.784. The molecule has 2 rings (SSSR count). The Morgan fingerprint density at radius 3 is 2.31 bits per heavy atom. The maximum Gasteiger partial charge on any atom is 0.294 e. The van der Waals surface area contributed by atoms with Gasteiger partial charge in [-0.05, 0) is 61.5 Å². The highest BCUT2D eigenvalue weighted by Gasteiger charge is 2.35. The van der Waals surface area contributed by atoms with E-state index in [1.807, 2.05) is 6.07 Å². The van der Waals surface area contributed by atoms with E-state index in [1.165, 1.54) is 4.90 Å². The number of carbonyl (C=O) groups is 2. The third kappa shape index (κ3) is 4.80. The third-order valence-electron chi connectivity index (χ3n) is 4.00. The number of thioether (sulfide) groups is 1. The average molecular weight is 378 g/mol. The number of hydrogen-bond donors (Lipinski definition) is 0. The first-order valence-electron chi connectivity index (χ1n) is 8.73. The van der Waals surface area contributed by atoms with Gasteiger partial charge in [0.2, 0.25) is 0 Å². The number of benzene rings is 1. The fraction of sp³-hybridized carbons (Fsp3) is 0.474. The van der Waals surface area contributed by atoms with Crippen molar-refractivity contribution in [3.05, 3.63) is 28.7 Å². The van der Waals surface area contributed by atoms with E-state index in [0.717, 1.165) is 43.3 Å². The van der Waals surface area contributed by atoms with E-state index in [0.29, 0.717) is 23.1 Å². The van der Waals surface area contributed by atoms with E-state index >= 15 is 0 Å². The van der Waals surface area contributed by atoms with Gasteiger partial charge in [-0.25, -0.2) is 0 Å². The van der Waals surface area contributed by atoms with Gasteiger partial charge in [-0.15, -0.1) is 0 Å². The minimum absolute atomic E-state index is 0.223. The van der Waals surface area contributed by atoms with Crippen LogP contribution in [0.5, 0.6) is 11.5 Å². The number of rotatable bonds is 9. The number of methoxy groups -OCH3 is 2. The maximum absolute atomic E-state index is 12.7. The van der Waals surface area contributed by atoms with Crippen LogP contribution in [0.15, 0.2) is 23.1 Å². The van der Waals surface area contributed by atoms with E-state index in [9.17, 15) is 9.59 Å². The molecule has 2 amide bonds.